The van der Waals surface area contributed by atoms with Gasteiger partial charge in [0.2, 0.25) is 10.0 Å². The number of aliphatic hydroxyl groups is 1. The van der Waals surface area contributed by atoms with E-state index in [0.717, 1.165) is 12.8 Å². The third kappa shape index (κ3) is 3.34. The molecule has 1 atom stereocenters. The average molecular weight is 318 g/mol. The molecule has 0 aliphatic carbocycles. The van der Waals surface area contributed by atoms with Gasteiger partial charge >= 0.3 is 0 Å². The lowest BCUT2D eigenvalue weighted by atomic mass is 9.97. The normalized spacial score (nSPS) is 21.1. The van der Waals surface area contributed by atoms with Gasteiger partial charge in [-0.3, -0.25) is 0 Å². The van der Waals surface area contributed by atoms with Crippen molar-refractivity contribution in [2.24, 2.45) is 5.92 Å². The molecule has 0 amide bonds. The Morgan fingerprint density at radius 2 is 2.20 bits per heavy atom. The van der Waals surface area contributed by atoms with E-state index in [2.05, 4.69) is 0 Å². The van der Waals surface area contributed by atoms with Gasteiger partial charge in [-0.2, -0.15) is 4.31 Å². The van der Waals surface area contributed by atoms with Crippen LogP contribution in [0, 0.1) is 12.8 Å². The molecular formula is C14H20ClNO3S. The number of piperidine rings is 1. The van der Waals surface area contributed by atoms with Crippen molar-refractivity contribution >= 4 is 21.6 Å². The van der Waals surface area contributed by atoms with Gasteiger partial charge in [0.05, 0.1) is 4.90 Å². The summed E-state index contributed by atoms with van der Waals surface area (Å²) < 4.78 is 27.0. The number of benzene rings is 1. The van der Waals surface area contributed by atoms with Gasteiger partial charge in [-0.1, -0.05) is 17.7 Å². The zero-order chi connectivity index (χ0) is 14.8. The molecule has 112 valence electrons. The smallest absolute Gasteiger partial charge is 0.243 e. The second-order valence-corrected chi connectivity index (χ2v) is 7.64. The molecule has 1 aromatic carbocycles. The van der Waals surface area contributed by atoms with Crippen LogP contribution in [0.25, 0.3) is 0 Å². The van der Waals surface area contributed by atoms with Crippen LogP contribution < -0.4 is 0 Å². The molecule has 0 saturated carbocycles. The van der Waals surface area contributed by atoms with E-state index < -0.39 is 10.0 Å². The Morgan fingerprint density at radius 1 is 1.45 bits per heavy atom. The van der Waals surface area contributed by atoms with Gasteiger partial charge in [0, 0.05) is 24.7 Å². The van der Waals surface area contributed by atoms with E-state index >= 15 is 0 Å². The van der Waals surface area contributed by atoms with Gasteiger partial charge in [-0.05, 0) is 49.8 Å². The van der Waals surface area contributed by atoms with Crippen molar-refractivity contribution in [2.45, 2.75) is 31.1 Å². The van der Waals surface area contributed by atoms with Crippen molar-refractivity contribution in [1.82, 2.24) is 4.31 Å². The molecule has 0 aromatic heterocycles. The van der Waals surface area contributed by atoms with Gasteiger partial charge in [0.1, 0.15) is 0 Å². The summed E-state index contributed by atoms with van der Waals surface area (Å²) in [6.45, 7) is 2.90. The third-order valence-corrected chi connectivity index (χ3v) is 6.03. The van der Waals surface area contributed by atoms with E-state index in [1.165, 1.54) is 10.4 Å². The second-order valence-electron chi connectivity index (χ2n) is 5.29. The highest BCUT2D eigenvalue weighted by Crippen LogP contribution is 2.28. The largest absolute Gasteiger partial charge is 0.396 e. The van der Waals surface area contributed by atoms with Gasteiger partial charge < -0.3 is 5.11 Å². The fraction of sp³-hybridized carbons (Fsp3) is 0.571. The van der Waals surface area contributed by atoms with Crippen molar-refractivity contribution < 1.29 is 13.5 Å². The fourth-order valence-electron chi connectivity index (χ4n) is 2.65. The quantitative estimate of drug-likeness (QED) is 0.928. The lowest BCUT2D eigenvalue weighted by molar-refractivity contribution is 0.203. The maximum Gasteiger partial charge on any atom is 0.243 e. The Hall–Kier alpha value is -0.620. The molecule has 2 rings (SSSR count). The van der Waals surface area contributed by atoms with Crippen LogP contribution in [-0.2, 0) is 10.0 Å². The molecule has 1 unspecified atom stereocenters. The highest BCUT2D eigenvalue weighted by molar-refractivity contribution is 7.89. The first-order valence-corrected chi connectivity index (χ1v) is 8.64. The maximum absolute atomic E-state index is 12.7. The number of aryl methyl sites for hydroxylation is 1. The summed E-state index contributed by atoms with van der Waals surface area (Å²) in [6, 6.07) is 4.94. The topological polar surface area (TPSA) is 57.6 Å². The van der Waals surface area contributed by atoms with Gasteiger partial charge in [-0.25, -0.2) is 8.42 Å². The summed E-state index contributed by atoms with van der Waals surface area (Å²) in [5.41, 5.74) is 0.707. The molecule has 0 radical (unpaired) electrons. The van der Waals surface area contributed by atoms with Crippen molar-refractivity contribution in [2.75, 3.05) is 19.7 Å². The van der Waals surface area contributed by atoms with E-state index in [0.29, 0.717) is 30.1 Å². The zero-order valence-corrected chi connectivity index (χ0v) is 13.1. The van der Waals surface area contributed by atoms with Crippen LogP contribution in [0.15, 0.2) is 23.1 Å². The molecule has 6 heteroatoms. The van der Waals surface area contributed by atoms with E-state index in [1.54, 1.807) is 19.1 Å². The first-order valence-electron chi connectivity index (χ1n) is 6.82. The average Bonchev–Trinajstić information content (AvgIpc) is 2.42. The van der Waals surface area contributed by atoms with E-state index in [4.69, 9.17) is 16.7 Å². The molecule has 1 heterocycles. The summed E-state index contributed by atoms with van der Waals surface area (Å²) in [5, 5.41) is 9.45. The molecule has 1 saturated heterocycles. The second kappa shape index (κ2) is 6.43. The van der Waals surface area contributed by atoms with Crippen LogP contribution in [0.2, 0.25) is 5.02 Å². The van der Waals surface area contributed by atoms with Crippen molar-refractivity contribution in [3.05, 3.63) is 28.8 Å². The van der Waals surface area contributed by atoms with Crippen LogP contribution in [0.3, 0.4) is 0 Å². The van der Waals surface area contributed by atoms with E-state index in [1.807, 2.05) is 0 Å². The Labute approximate surface area is 125 Å². The molecule has 0 spiro atoms. The molecule has 1 aliphatic rings. The number of halogens is 1. The number of aliphatic hydroxyl groups excluding tert-OH is 1. The zero-order valence-electron chi connectivity index (χ0n) is 11.5. The minimum Gasteiger partial charge on any atom is -0.396 e. The predicted octanol–water partition coefficient (Wildman–Crippen LogP) is 2.43. The Bertz CT molecular complexity index is 572. The summed E-state index contributed by atoms with van der Waals surface area (Å²) in [5.74, 6) is 0.239. The summed E-state index contributed by atoms with van der Waals surface area (Å²) in [6.07, 6.45) is 2.46. The molecule has 1 aromatic rings. The molecule has 20 heavy (non-hydrogen) atoms. The highest BCUT2D eigenvalue weighted by Gasteiger charge is 2.31. The minimum absolute atomic E-state index is 0.106. The first-order chi connectivity index (χ1) is 9.45. The Balaban J connectivity index is 2.27. The number of sulfonamides is 1. The standard InChI is InChI=1S/C14H20ClNO3S/c1-11-4-5-13(15)9-14(11)20(18,19)16-7-2-3-12(10-16)6-8-17/h4-5,9,12,17H,2-3,6-8,10H2,1H3. The lowest BCUT2D eigenvalue weighted by Gasteiger charge is -2.32. The number of hydrogen-bond donors (Lipinski definition) is 1. The van der Waals surface area contributed by atoms with Crippen LogP contribution in [-0.4, -0.2) is 37.5 Å². The molecule has 0 bridgehead atoms. The molecule has 1 N–H and O–H groups in total. The summed E-state index contributed by atoms with van der Waals surface area (Å²) in [7, 11) is -3.50. The number of nitrogens with zero attached hydrogens (tertiary/aromatic N) is 1. The maximum atomic E-state index is 12.7. The Morgan fingerprint density at radius 3 is 2.90 bits per heavy atom. The van der Waals surface area contributed by atoms with E-state index in [-0.39, 0.29) is 17.4 Å². The monoisotopic (exact) mass is 317 g/mol. The van der Waals surface area contributed by atoms with Gasteiger partial charge in [0.15, 0.2) is 0 Å². The lowest BCUT2D eigenvalue weighted by Crippen LogP contribution is -2.40. The van der Waals surface area contributed by atoms with Crippen LogP contribution >= 0.6 is 11.6 Å². The Kier molecular flexibility index (Phi) is 5.07. The van der Waals surface area contributed by atoms with Crippen LogP contribution in [0.4, 0.5) is 0 Å². The molecule has 4 nitrogen and oxygen atoms in total. The van der Waals surface area contributed by atoms with Crippen LogP contribution in [0.1, 0.15) is 24.8 Å². The number of hydrogen-bond acceptors (Lipinski definition) is 3. The SMILES string of the molecule is Cc1ccc(Cl)cc1S(=O)(=O)N1CCCC(CCO)C1. The third-order valence-electron chi connectivity index (χ3n) is 3.79. The van der Waals surface area contributed by atoms with Gasteiger partial charge in [0.25, 0.3) is 0 Å². The summed E-state index contributed by atoms with van der Waals surface area (Å²) >= 11 is 5.92. The van der Waals surface area contributed by atoms with Crippen molar-refractivity contribution in [3.8, 4) is 0 Å². The highest BCUT2D eigenvalue weighted by atomic mass is 35.5. The number of rotatable bonds is 4. The molecular weight excluding hydrogens is 298 g/mol. The molecule has 1 fully saturated rings. The first kappa shape index (κ1) is 15.8. The van der Waals surface area contributed by atoms with Gasteiger partial charge in [-0.15, -0.1) is 0 Å². The summed E-state index contributed by atoms with van der Waals surface area (Å²) in [4.78, 5) is 0.287. The van der Waals surface area contributed by atoms with E-state index in [9.17, 15) is 8.42 Å². The minimum atomic E-state index is -3.50. The fourth-order valence-corrected chi connectivity index (χ4v) is 4.70. The van der Waals surface area contributed by atoms with Crippen LogP contribution in [0.5, 0.6) is 0 Å². The van der Waals surface area contributed by atoms with Crippen molar-refractivity contribution in [1.29, 1.82) is 0 Å². The van der Waals surface area contributed by atoms with Crippen molar-refractivity contribution in [3.63, 3.8) is 0 Å². The molecule has 1 aliphatic heterocycles. The predicted molar refractivity (Wildman–Crippen MR) is 79.4 cm³/mol.